The lowest BCUT2D eigenvalue weighted by Crippen LogP contribution is -2.60. The Hall–Kier alpha value is -3.13. The molecule has 7 atom stereocenters. The Morgan fingerprint density at radius 3 is 2.63 bits per heavy atom. The van der Waals surface area contributed by atoms with Gasteiger partial charge in [-0.2, -0.15) is 0 Å². The zero-order valence-corrected chi connectivity index (χ0v) is 16.1. The Balaban J connectivity index is 1.59. The first kappa shape index (κ1) is 18.9. The first-order valence-electron chi connectivity index (χ1n) is 9.78. The van der Waals surface area contributed by atoms with E-state index in [2.05, 4.69) is 0 Å². The lowest BCUT2D eigenvalue weighted by molar-refractivity contribution is -0.210. The SMILES string of the molecule is C[C@]12C[C@H](OC1=O)[C@@H](O)[C@H]1C(=O)O[C@@H](c3ccoc3)[C@H](OC(=O)c3ccccc3)[C@@H]12. The number of benzene rings is 1. The van der Waals surface area contributed by atoms with E-state index in [-0.39, 0.29) is 6.42 Å². The number of ether oxygens (including phenoxy) is 3. The van der Waals surface area contributed by atoms with Crippen LogP contribution in [0.25, 0.3) is 0 Å². The minimum absolute atomic E-state index is 0.235. The van der Waals surface area contributed by atoms with Gasteiger partial charge in [-0.25, -0.2) is 4.79 Å². The van der Waals surface area contributed by atoms with Crippen LogP contribution in [0.3, 0.4) is 0 Å². The summed E-state index contributed by atoms with van der Waals surface area (Å²) in [6.45, 7) is 1.69. The average molecular weight is 412 g/mol. The van der Waals surface area contributed by atoms with Crippen molar-refractivity contribution in [1.29, 1.82) is 0 Å². The van der Waals surface area contributed by atoms with Gasteiger partial charge in [-0.3, -0.25) is 9.59 Å². The van der Waals surface area contributed by atoms with E-state index >= 15 is 0 Å². The van der Waals surface area contributed by atoms with Gasteiger partial charge in [-0.15, -0.1) is 0 Å². The maximum atomic E-state index is 12.9. The average Bonchev–Trinajstić information content (AvgIpc) is 3.36. The molecule has 0 spiro atoms. The van der Waals surface area contributed by atoms with E-state index in [4.69, 9.17) is 18.6 Å². The van der Waals surface area contributed by atoms with Crippen molar-refractivity contribution in [3.8, 4) is 0 Å². The quantitative estimate of drug-likeness (QED) is 0.602. The molecule has 2 aliphatic heterocycles. The van der Waals surface area contributed by atoms with Gasteiger partial charge in [0.1, 0.15) is 18.3 Å². The number of carbonyl (C=O) groups is 3. The molecule has 8 nitrogen and oxygen atoms in total. The van der Waals surface area contributed by atoms with E-state index in [0.717, 1.165) is 0 Å². The third-order valence-corrected chi connectivity index (χ3v) is 6.51. The summed E-state index contributed by atoms with van der Waals surface area (Å²) >= 11 is 0. The number of furan rings is 1. The number of aliphatic hydroxyl groups excluding tert-OH is 1. The summed E-state index contributed by atoms with van der Waals surface area (Å²) in [5.74, 6) is -3.64. The Bertz CT molecular complexity index is 984. The van der Waals surface area contributed by atoms with Gasteiger partial charge >= 0.3 is 17.9 Å². The van der Waals surface area contributed by atoms with Crippen molar-refractivity contribution in [2.75, 3.05) is 0 Å². The van der Waals surface area contributed by atoms with E-state index < -0.39 is 59.6 Å². The topological polar surface area (TPSA) is 112 Å². The summed E-state index contributed by atoms with van der Waals surface area (Å²) in [5, 5.41) is 10.7. The predicted molar refractivity (Wildman–Crippen MR) is 98.8 cm³/mol. The highest BCUT2D eigenvalue weighted by Crippen LogP contribution is 2.57. The fraction of sp³-hybridized carbons (Fsp3) is 0.409. The maximum absolute atomic E-state index is 12.9. The van der Waals surface area contributed by atoms with Crippen LogP contribution in [0.15, 0.2) is 53.3 Å². The lowest BCUT2D eigenvalue weighted by Gasteiger charge is -2.49. The van der Waals surface area contributed by atoms with Crippen molar-refractivity contribution >= 4 is 17.9 Å². The lowest BCUT2D eigenvalue weighted by atomic mass is 9.58. The molecule has 5 rings (SSSR count). The Morgan fingerprint density at radius 1 is 1.17 bits per heavy atom. The molecule has 0 unspecified atom stereocenters. The molecule has 2 aromatic rings. The van der Waals surface area contributed by atoms with Crippen LogP contribution >= 0.6 is 0 Å². The first-order chi connectivity index (χ1) is 14.4. The molecule has 8 heteroatoms. The smallest absolute Gasteiger partial charge is 0.338 e. The van der Waals surface area contributed by atoms with Crippen molar-refractivity contribution in [2.24, 2.45) is 17.3 Å². The minimum Gasteiger partial charge on any atom is -0.472 e. The number of fused-ring (bicyclic) bond motifs is 4. The number of rotatable bonds is 3. The molecule has 1 aromatic heterocycles. The van der Waals surface area contributed by atoms with E-state index in [9.17, 15) is 19.5 Å². The number of hydrogen-bond donors (Lipinski definition) is 1. The molecular formula is C22H20O8. The van der Waals surface area contributed by atoms with Crippen LogP contribution in [-0.4, -0.2) is 41.3 Å². The van der Waals surface area contributed by atoms with Crippen LogP contribution in [0.1, 0.15) is 35.4 Å². The van der Waals surface area contributed by atoms with Gasteiger partial charge in [-0.05, 0) is 25.1 Å². The van der Waals surface area contributed by atoms with Crippen molar-refractivity contribution in [2.45, 2.75) is 37.8 Å². The second-order valence-corrected chi connectivity index (χ2v) is 8.26. The number of aliphatic hydroxyl groups is 1. The second-order valence-electron chi connectivity index (χ2n) is 8.26. The molecule has 1 aromatic carbocycles. The standard InChI is InChI=1S/C22H20O8/c1-22-9-13(28-21(22)26)16(23)14-15(22)18(30-19(24)11-5-3-2-4-6-11)17(29-20(14)25)12-7-8-27-10-12/h2-8,10,13-18,23H,9H2,1H3/t13-,14-,15+,16+,17-,18+,22+/m0/s1. The van der Waals surface area contributed by atoms with Gasteiger partial charge in [-0.1, -0.05) is 18.2 Å². The molecule has 156 valence electrons. The summed E-state index contributed by atoms with van der Waals surface area (Å²) in [5.41, 5.74) is -0.276. The van der Waals surface area contributed by atoms with E-state index in [0.29, 0.717) is 11.1 Å². The predicted octanol–water partition coefficient (Wildman–Crippen LogP) is 2.03. The van der Waals surface area contributed by atoms with Gasteiger partial charge in [0.25, 0.3) is 0 Å². The Kier molecular flexibility index (Phi) is 4.21. The number of cyclic esters (lactones) is 1. The van der Waals surface area contributed by atoms with Gasteiger partial charge in [0.15, 0.2) is 6.10 Å². The third-order valence-electron chi connectivity index (χ3n) is 6.51. The summed E-state index contributed by atoms with van der Waals surface area (Å²) in [4.78, 5) is 38.5. The number of carbonyl (C=O) groups excluding carboxylic acids is 3. The third kappa shape index (κ3) is 2.67. The van der Waals surface area contributed by atoms with Crippen LogP contribution in [0.5, 0.6) is 0 Å². The summed E-state index contributed by atoms with van der Waals surface area (Å²) in [6.07, 6.45) is -0.943. The van der Waals surface area contributed by atoms with E-state index in [1.165, 1.54) is 12.5 Å². The van der Waals surface area contributed by atoms with Gasteiger partial charge in [0, 0.05) is 17.9 Å². The van der Waals surface area contributed by atoms with Crippen molar-refractivity contribution < 1.29 is 38.1 Å². The molecule has 2 saturated heterocycles. The highest BCUT2D eigenvalue weighted by atomic mass is 16.6. The molecule has 0 amide bonds. The summed E-state index contributed by atoms with van der Waals surface area (Å²) in [6, 6.07) is 10.0. The second kappa shape index (κ2) is 6.70. The van der Waals surface area contributed by atoms with Gasteiger partial charge in [0.2, 0.25) is 0 Å². The van der Waals surface area contributed by atoms with Crippen molar-refractivity contribution in [1.82, 2.24) is 0 Å². The highest BCUT2D eigenvalue weighted by Gasteiger charge is 2.69. The van der Waals surface area contributed by atoms with Crippen LogP contribution in [0, 0.1) is 17.3 Å². The molecule has 1 N–H and O–H groups in total. The molecule has 2 bridgehead atoms. The number of hydrogen-bond acceptors (Lipinski definition) is 8. The summed E-state index contributed by atoms with van der Waals surface area (Å²) < 4.78 is 22.0. The molecule has 3 aliphatic rings. The monoisotopic (exact) mass is 412 g/mol. The van der Waals surface area contributed by atoms with Crippen LogP contribution in [0.2, 0.25) is 0 Å². The van der Waals surface area contributed by atoms with Crippen molar-refractivity contribution in [3.05, 3.63) is 60.1 Å². The molecule has 0 radical (unpaired) electrons. The van der Waals surface area contributed by atoms with Crippen LogP contribution in [0.4, 0.5) is 0 Å². The Labute approximate surface area is 171 Å². The van der Waals surface area contributed by atoms with Crippen LogP contribution < -0.4 is 0 Å². The molecule has 1 aliphatic carbocycles. The molecule has 30 heavy (non-hydrogen) atoms. The fourth-order valence-corrected chi connectivity index (χ4v) is 5.03. The zero-order valence-electron chi connectivity index (χ0n) is 16.1. The first-order valence-corrected chi connectivity index (χ1v) is 9.78. The fourth-order valence-electron chi connectivity index (χ4n) is 5.03. The Morgan fingerprint density at radius 2 is 1.93 bits per heavy atom. The molecule has 1 saturated carbocycles. The molecular weight excluding hydrogens is 392 g/mol. The zero-order chi connectivity index (χ0) is 21.0. The number of esters is 3. The molecule has 3 fully saturated rings. The van der Waals surface area contributed by atoms with Crippen LogP contribution in [-0.2, 0) is 23.8 Å². The normalized spacial score (nSPS) is 37.1. The van der Waals surface area contributed by atoms with Crippen molar-refractivity contribution in [3.63, 3.8) is 0 Å². The highest BCUT2D eigenvalue weighted by molar-refractivity contribution is 5.90. The van der Waals surface area contributed by atoms with E-state index in [1.807, 2.05) is 0 Å². The molecule has 3 heterocycles. The van der Waals surface area contributed by atoms with Gasteiger partial charge in [0.05, 0.1) is 29.4 Å². The van der Waals surface area contributed by atoms with Gasteiger partial charge < -0.3 is 23.7 Å². The maximum Gasteiger partial charge on any atom is 0.338 e. The largest absolute Gasteiger partial charge is 0.472 e. The summed E-state index contributed by atoms with van der Waals surface area (Å²) in [7, 11) is 0. The van der Waals surface area contributed by atoms with E-state index in [1.54, 1.807) is 43.3 Å². The minimum atomic E-state index is -1.23.